The lowest BCUT2D eigenvalue weighted by Gasteiger charge is -1.65. The highest BCUT2D eigenvalue weighted by Crippen LogP contribution is 1.83. The fourth-order valence-corrected chi connectivity index (χ4v) is 0. The number of hydrogen-bond acceptors (Lipinski definition) is 2. The maximum atomic E-state index is 9.40. The van der Waals surface area contributed by atoms with Crippen LogP contribution in [0.5, 0.6) is 0 Å². The van der Waals surface area contributed by atoms with Crippen LogP contribution < -0.4 is 0 Å². The second kappa shape index (κ2) is 4.67. The summed E-state index contributed by atoms with van der Waals surface area (Å²) < 4.78 is 18.8. The zero-order valence-electron chi connectivity index (χ0n) is 3.51. The molecule has 0 aromatic rings. The first-order chi connectivity index (χ1) is 2.00. The van der Waals surface area contributed by atoms with E-state index in [0.29, 0.717) is 0 Å². The molecule has 0 aliphatic carbocycles. The highest BCUT2D eigenvalue weighted by atomic mass is 35.7. The number of rotatable bonds is 0. The van der Waals surface area contributed by atoms with Crippen molar-refractivity contribution < 1.29 is 13.1 Å². The first-order valence-electron chi connectivity index (χ1n) is 0.896. The molecule has 48 valence electrons. The summed E-state index contributed by atoms with van der Waals surface area (Å²) in [4.78, 5) is 0. The molecule has 6 heteroatoms. The van der Waals surface area contributed by atoms with E-state index in [9.17, 15) is 8.42 Å². The van der Waals surface area contributed by atoms with Crippen molar-refractivity contribution in [1.82, 2.24) is 0 Å². The Morgan fingerprint density at radius 1 is 1.43 bits per heavy atom. The first-order valence-corrected chi connectivity index (χ1v) is 3.61. The number of halogens is 2. The lowest BCUT2D eigenvalue weighted by atomic mass is 12.0. The van der Waals surface area contributed by atoms with E-state index in [2.05, 4.69) is 10.7 Å². The van der Waals surface area contributed by atoms with Gasteiger partial charge in [-0.05, 0) is 0 Å². The second-order valence-corrected chi connectivity index (χ2v) is 3.73. The van der Waals surface area contributed by atoms with E-state index in [1.54, 1.807) is 0 Å². The molecule has 7 heavy (non-hydrogen) atoms. The van der Waals surface area contributed by atoms with Gasteiger partial charge in [0.05, 0.1) is 6.26 Å². The maximum absolute atomic E-state index is 9.40. The third-order valence-electron chi connectivity index (χ3n) is 0. The monoisotopic (exact) mass is 168 g/mol. The van der Waals surface area contributed by atoms with Crippen LogP contribution in [0.1, 0.15) is 0 Å². The molecule has 0 rings (SSSR count). The maximum Gasteiger partial charge on any atom is 0.229 e. The van der Waals surface area contributed by atoms with Crippen LogP contribution in [0.25, 0.3) is 0 Å². The van der Waals surface area contributed by atoms with Gasteiger partial charge in [-0.1, -0.05) is 0 Å². The molecule has 0 radical (unpaired) electrons. The topological polar surface area (TPSA) is 34.1 Å². The molecule has 0 N–H and O–H groups in total. The van der Waals surface area contributed by atoms with Crippen molar-refractivity contribution in [3.05, 3.63) is 0 Å². The van der Waals surface area contributed by atoms with Gasteiger partial charge in [0.25, 0.3) is 0 Å². The summed E-state index contributed by atoms with van der Waals surface area (Å²) in [6, 6.07) is 0. The molecule has 0 heterocycles. The minimum Gasteiger partial charge on any atom is -0.269 e. The predicted octanol–water partition coefficient (Wildman–Crippen LogP) is 0.450. The van der Waals surface area contributed by atoms with Gasteiger partial charge in [0.2, 0.25) is 9.05 Å². The highest BCUT2D eigenvalue weighted by molar-refractivity contribution is 8.13. The fourth-order valence-electron chi connectivity index (χ4n) is 0. The van der Waals surface area contributed by atoms with Crippen LogP contribution in [0.3, 0.4) is 0 Å². The van der Waals surface area contributed by atoms with Gasteiger partial charge in [0, 0.05) is 10.7 Å². The van der Waals surface area contributed by atoms with Crippen molar-refractivity contribution in [3.63, 3.8) is 0 Å². The van der Waals surface area contributed by atoms with Gasteiger partial charge in [0.1, 0.15) is 0 Å². The minimum atomic E-state index is -3.19. The summed E-state index contributed by atoms with van der Waals surface area (Å²) in [5, 5.41) is 0. The summed E-state index contributed by atoms with van der Waals surface area (Å²) in [5.74, 6) is 0. The van der Waals surface area contributed by atoms with Gasteiger partial charge in [-0.25, -0.2) is 8.42 Å². The molecule has 0 bridgehead atoms. The molecule has 0 aliphatic heterocycles. The molecule has 0 fully saturated rings. The molecule has 0 spiro atoms. The van der Waals surface area contributed by atoms with Crippen molar-refractivity contribution in [2.45, 2.75) is 0 Å². The van der Waals surface area contributed by atoms with Crippen LogP contribution in [-0.2, 0) is 9.05 Å². The van der Waals surface area contributed by atoms with E-state index < -0.39 is 9.05 Å². The van der Waals surface area contributed by atoms with Gasteiger partial charge in [-0.15, -0.1) is 0 Å². The summed E-state index contributed by atoms with van der Waals surface area (Å²) in [5.41, 5.74) is 0. The summed E-state index contributed by atoms with van der Waals surface area (Å²) >= 11 is 0. The van der Waals surface area contributed by atoms with Crippen molar-refractivity contribution in [2.24, 2.45) is 0 Å². The van der Waals surface area contributed by atoms with Crippen LogP contribution >= 0.6 is 24.2 Å². The predicted molar refractivity (Wildman–Crippen MR) is 33.6 cm³/mol. The second-order valence-electron chi connectivity index (χ2n) is 0.682. The van der Waals surface area contributed by atoms with Crippen LogP contribution in [0.4, 0.5) is 4.70 Å². The Hall–Kier alpha value is 0.520. The van der Waals surface area contributed by atoms with Crippen LogP contribution in [0, 0.1) is 0 Å². The molecular weight excluding hydrogens is 163 g/mol. The van der Waals surface area contributed by atoms with E-state index in [-0.39, 0.29) is 18.2 Å². The van der Waals surface area contributed by atoms with E-state index in [1.807, 2.05) is 0 Å². The minimum absolute atomic E-state index is 0. The fraction of sp³-hybridized carbons (Fsp3) is 1.00. The molecule has 0 aliphatic rings. The highest BCUT2D eigenvalue weighted by Gasteiger charge is 1.83. The Morgan fingerprint density at radius 3 is 1.43 bits per heavy atom. The lowest BCUT2D eigenvalue weighted by Crippen LogP contribution is -1.76. The molecule has 2 nitrogen and oxygen atoms in total. The third kappa shape index (κ3) is 493. The standard InChI is InChI=1S/CH3ClO2S.FH.H2S/c1-5(2,3)4;;/h1H3;1H;1H2. The van der Waals surface area contributed by atoms with Gasteiger partial charge in [0.15, 0.2) is 0 Å². The van der Waals surface area contributed by atoms with Gasteiger partial charge >= 0.3 is 0 Å². The molecule has 0 saturated heterocycles. The number of hydrogen-bond donors (Lipinski definition) is 0. The smallest absolute Gasteiger partial charge is 0.229 e. The Morgan fingerprint density at radius 2 is 1.43 bits per heavy atom. The molecule has 0 aromatic heterocycles. The molecule has 0 saturated carbocycles. The summed E-state index contributed by atoms with van der Waals surface area (Å²) in [6.07, 6.45) is 0.925. The Balaban J connectivity index is -0.0000000800. The third-order valence-corrected chi connectivity index (χ3v) is 0. The summed E-state index contributed by atoms with van der Waals surface area (Å²) in [7, 11) is 1.31. The Labute approximate surface area is 53.1 Å². The Kier molecular flexibility index (Phi) is 10.4. The van der Waals surface area contributed by atoms with E-state index >= 15 is 0 Å². The average Bonchev–Trinajstić information content (AvgIpc) is 0.722. The van der Waals surface area contributed by atoms with E-state index in [0.717, 1.165) is 6.26 Å². The van der Waals surface area contributed by atoms with Crippen LogP contribution in [-0.4, -0.2) is 14.7 Å². The normalized spacial score (nSPS) is 8.29. The SMILES string of the molecule is CS(=O)(=O)Cl.F.S. The van der Waals surface area contributed by atoms with Crippen molar-refractivity contribution >= 4 is 33.2 Å². The van der Waals surface area contributed by atoms with Crippen molar-refractivity contribution in [3.8, 4) is 0 Å². The summed E-state index contributed by atoms with van der Waals surface area (Å²) in [6.45, 7) is 0. The quantitative estimate of drug-likeness (QED) is 0.493. The van der Waals surface area contributed by atoms with Crippen molar-refractivity contribution in [1.29, 1.82) is 0 Å². The van der Waals surface area contributed by atoms with E-state index in [1.165, 1.54) is 0 Å². The molecule has 0 unspecified atom stereocenters. The van der Waals surface area contributed by atoms with Gasteiger partial charge < -0.3 is 0 Å². The van der Waals surface area contributed by atoms with E-state index in [4.69, 9.17) is 0 Å². The first kappa shape index (κ1) is 15.6. The van der Waals surface area contributed by atoms with Gasteiger partial charge in [-0.2, -0.15) is 13.5 Å². The van der Waals surface area contributed by atoms with Crippen molar-refractivity contribution in [2.75, 3.05) is 6.26 Å². The zero-order chi connectivity index (χ0) is 4.50. The average molecular weight is 169 g/mol. The molecule has 0 amide bonds. The van der Waals surface area contributed by atoms with Gasteiger partial charge in [-0.3, -0.25) is 4.70 Å². The molecule has 0 atom stereocenters. The Bertz CT molecular complexity index is 98.9. The zero-order valence-corrected chi connectivity index (χ0v) is 6.08. The lowest BCUT2D eigenvalue weighted by molar-refractivity contribution is 0.615. The molecular formula is CH6ClFO2S2. The van der Waals surface area contributed by atoms with Crippen LogP contribution in [0.15, 0.2) is 0 Å². The largest absolute Gasteiger partial charge is 0.269 e. The molecule has 0 aromatic carbocycles. The van der Waals surface area contributed by atoms with Crippen LogP contribution in [0.2, 0.25) is 0 Å².